The molecule has 0 saturated carbocycles. The average molecular weight is 448 g/mol. The van der Waals surface area contributed by atoms with E-state index in [9.17, 15) is 9.59 Å². The summed E-state index contributed by atoms with van der Waals surface area (Å²) in [6.07, 6.45) is 6.25. The second-order valence-corrected chi connectivity index (χ2v) is 10.3. The first-order valence-corrected chi connectivity index (χ1v) is 12.8. The zero-order valence-corrected chi connectivity index (χ0v) is 19.9. The topological polar surface area (TPSA) is 68.8 Å². The van der Waals surface area contributed by atoms with Crippen molar-refractivity contribution in [2.45, 2.75) is 52.4 Å². The van der Waals surface area contributed by atoms with E-state index in [4.69, 9.17) is 4.98 Å². The highest BCUT2D eigenvalue weighted by Crippen LogP contribution is 2.34. The maximum absolute atomic E-state index is 12.8. The first kappa shape index (κ1) is 22.5. The van der Waals surface area contributed by atoms with E-state index in [0.29, 0.717) is 0 Å². The van der Waals surface area contributed by atoms with E-state index < -0.39 is 0 Å². The third-order valence-electron chi connectivity index (χ3n) is 7.30. The van der Waals surface area contributed by atoms with Gasteiger partial charge in [0.1, 0.15) is 0 Å². The average Bonchev–Trinajstić information content (AvgIpc) is 3.23. The molecule has 4 rings (SSSR count). The van der Waals surface area contributed by atoms with E-state index in [1.54, 1.807) is 18.3 Å². The molecular weight excluding hydrogens is 410 g/mol. The van der Waals surface area contributed by atoms with Crippen molar-refractivity contribution in [1.82, 2.24) is 20.1 Å². The van der Waals surface area contributed by atoms with Crippen LogP contribution in [0, 0.1) is 11.8 Å². The van der Waals surface area contributed by atoms with Crippen LogP contribution in [0.3, 0.4) is 0 Å². The van der Waals surface area contributed by atoms with E-state index in [1.807, 2.05) is 4.90 Å². The summed E-state index contributed by atoms with van der Waals surface area (Å²) >= 11 is 1.75. The first-order valence-electron chi connectivity index (χ1n) is 12.0. The zero-order chi connectivity index (χ0) is 21.8. The number of piperazine rings is 1. The van der Waals surface area contributed by atoms with Crippen LogP contribution in [0.1, 0.15) is 50.1 Å². The summed E-state index contributed by atoms with van der Waals surface area (Å²) in [5, 5.41) is 4.29. The lowest BCUT2D eigenvalue weighted by Crippen LogP contribution is -2.48. The number of nitrogens with one attached hydrogen (secondary N) is 1. The Balaban J connectivity index is 1.22. The quantitative estimate of drug-likeness (QED) is 0.724. The molecule has 2 fully saturated rings. The molecule has 2 aliphatic heterocycles. The van der Waals surface area contributed by atoms with E-state index in [1.165, 1.54) is 36.5 Å². The highest BCUT2D eigenvalue weighted by molar-refractivity contribution is 7.15. The third kappa shape index (κ3) is 5.58. The van der Waals surface area contributed by atoms with Crippen molar-refractivity contribution in [2.75, 3.05) is 57.3 Å². The van der Waals surface area contributed by atoms with Gasteiger partial charge in [0.2, 0.25) is 11.8 Å². The van der Waals surface area contributed by atoms with Crippen molar-refractivity contribution in [3.63, 3.8) is 0 Å². The van der Waals surface area contributed by atoms with Crippen LogP contribution in [0.2, 0.25) is 0 Å². The number of amides is 2. The van der Waals surface area contributed by atoms with Gasteiger partial charge in [-0.2, -0.15) is 0 Å². The number of carbonyl (C=O) groups excluding carboxylic acids is 2. The minimum atomic E-state index is 0.0808. The Morgan fingerprint density at radius 1 is 1.10 bits per heavy atom. The monoisotopic (exact) mass is 447 g/mol. The number of hydrogen-bond donors (Lipinski definition) is 1. The SMILES string of the molecule is CCN1CCC(CCNC(=O)[C@@H]2CCc3nc(N4CCN(C(C)=O)CC4)sc3C2)CC1. The molecule has 1 aromatic rings. The summed E-state index contributed by atoms with van der Waals surface area (Å²) in [6.45, 7) is 11.5. The number of aryl methyl sites for hydroxylation is 1. The van der Waals surface area contributed by atoms with Crippen molar-refractivity contribution >= 4 is 28.3 Å². The highest BCUT2D eigenvalue weighted by atomic mass is 32.1. The number of aromatic nitrogens is 1. The molecule has 1 aliphatic carbocycles. The Bertz CT molecular complexity index is 766. The maximum Gasteiger partial charge on any atom is 0.223 e. The number of carbonyl (C=O) groups is 2. The normalized spacial score (nSPS) is 23.0. The molecule has 1 aromatic heterocycles. The standard InChI is InChI=1S/C23H37N5O2S/c1-3-26-10-7-18(8-11-26)6-9-24-22(30)19-4-5-20-21(16-19)31-23(25-20)28-14-12-27(13-15-28)17(2)29/h18-19H,3-16H2,1-2H3,(H,24,30)/t19-/m1/s1. The van der Waals surface area contributed by atoms with Gasteiger partial charge in [-0.15, -0.1) is 11.3 Å². The van der Waals surface area contributed by atoms with Gasteiger partial charge in [0.05, 0.1) is 5.69 Å². The Kier molecular flexibility index (Phi) is 7.48. The number of fused-ring (bicyclic) bond motifs is 1. The predicted molar refractivity (Wildman–Crippen MR) is 125 cm³/mol. The van der Waals surface area contributed by atoms with Gasteiger partial charge in [0.15, 0.2) is 5.13 Å². The fourth-order valence-electron chi connectivity index (χ4n) is 5.07. The molecule has 0 aromatic carbocycles. The largest absolute Gasteiger partial charge is 0.356 e. The molecule has 2 saturated heterocycles. The first-order chi connectivity index (χ1) is 15.0. The smallest absolute Gasteiger partial charge is 0.223 e. The van der Waals surface area contributed by atoms with Gasteiger partial charge < -0.3 is 20.0 Å². The molecule has 0 bridgehead atoms. The van der Waals surface area contributed by atoms with Gasteiger partial charge >= 0.3 is 0 Å². The third-order valence-corrected chi connectivity index (χ3v) is 8.48. The van der Waals surface area contributed by atoms with E-state index in [-0.39, 0.29) is 17.7 Å². The molecule has 0 spiro atoms. The van der Waals surface area contributed by atoms with E-state index >= 15 is 0 Å². The van der Waals surface area contributed by atoms with Crippen LogP contribution in [0.5, 0.6) is 0 Å². The minimum absolute atomic E-state index is 0.0808. The van der Waals surface area contributed by atoms with Crippen LogP contribution in [0.4, 0.5) is 5.13 Å². The van der Waals surface area contributed by atoms with Crippen LogP contribution in [0.15, 0.2) is 0 Å². The fourth-order valence-corrected chi connectivity index (χ4v) is 6.31. The predicted octanol–water partition coefficient (Wildman–Crippen LogP) is 2.15. The number of thiazole rings is 1. The summed E-state index contributed by atoms with van der Waals surface area (Å²) in [5.74, 6) is 1.21. The molecule has 7 nitrogen and oxygen atoms in total. The molecule has 31 heavy (non-hydrogen) atoms. The number of nitrogens with zero attached hydrogens (tertiary/aromatic N) is 4. The van der Waals surface area contributed by atoms with Crippen LogP contribution in [-0.2, 0) is 22.4 Å². The number of piperidine rings is 1. The fraction of sp³-hybridized carbons (Fsp3) is 0.783. The van der Waals surface area contributed by atoms with Crippen LogP contribution in [0.25, 0.3) is 0 Å². The van der Waals surface area contributed by atoms with Crippen LogP contribution >= 0.6 is 11.3 Å². The number of rotatable bonds is 6. The molecule has 3 aliphatic rings. The molecule has 1 N–H and O–H groups in total. The van der Waals surface area contributed by atoms with Crippen LogP contribution in [-0.4, -0.2) is 79.0 Å². The zero-order valence-electron chi connectivity index (χ0n) is 19.1. The van der Waals surface area contributed by atoms with Crippen molar-refractivity contribution in [3.8, 4) is 0 Å². The maximum atomic E-state index is 12.8. The number of anilines is 1. The lowest BCUT2D eigenvalue weighted by molar-refractivity contribution is -0.129. The van der Waals surface area contributed by atoms with Crippen molar-refractivity contribution in [3.05, 3.63) is 10.6 Å². The number of hydrogen-bond acceptors (Lipinski definition) is 6. The van der Waals surface area contributed by atoms with Crippen molar-refractivity contribution in [2.24, 2.45) is 11.8 Å². The van der Waals surface area contributed by atoms with Gasteiger partial charge in [-0.1, -0.05) is 6.92 Å². The van der Waals surface area contributed by atoms with Crippen molar-refractivity contribution < 1.29 is 9.59 Å². The number of likely N-dealkylation sites (tertiary alicyclic amines) is 1. The Hall–Kier alpha value is -1.67. The minimum Gasteiger partial charge on any atom is -0.356 e. The lowest BCUT2D eigenvalue weighted by Gasteiger charge is -2.33. The van der Waals surface area contributed by atoms with Gasteiger partial charge in [0.25, 0.3) is 0 Å². The summed E-state index contributed by atoms with van der Waals surface area (Å²) in [5.41, 5.74) is 1.18. The summed E-state index contributed by atoms with van der Waals surface area (Å²) in [4.78, 5) is 37.2. The highest BCUT2D eigenvalue weighted by Gasteiger charge is 2.29. The van der Waals surface area contributed by atoms with E-state index in [0.717, 1.165) is 76.0 Å². The van der Waals surface area contributed by atoms with E-state index in [2.05, 4.69) is 22.0 Å². The molecule has 1 atom stereocenters. The molecule has 8 heteroatoms. The summed E-state index contributed by atoms with van der Waals surface area (Å²) < 4.78 is 0. The van der Waals surface area contributed by atoms with Gasteiger partial charge in [-0.25, -0.2) is 4.98 Å². The molecular formula is C23H37N5O2S. The molecule has 0 radical (unpaired) electrons. The van der Waals surface area contributed by atoms with Gasteiger partial charge in [-0.05, 0) is 64.1 Å². The molecule has 0 unspecified atom stereocenters. The second-order valence-electron chi connectivity index (χ2n) is 9.26. The summed E-state index contributed by atoms with van der Waals surface area (Å²) in [6, 6.07) is 0. The van der Waals surface area contributed by atoms with Crippen molar-refractivity contribution in [1.29, 1.82) is 0 Å². The van der Waals surface area contributed by atoms with Crippen LogP contribution < -0.4 is 10.2 Å². The Morgan fingerprint density at radius 2 is 1.84 bits per heavy atom. The second kappa shape index (κ2) is 10.3. The molecule has 172 valence electrons. The lowest BCUT2D eigenvalue weighted by atomic mass is 9.90. The Labute approximate surface area is 190 Å². The molecule has 2 amide bonds. The summed E-state index contributed by atoms with van der Waals surface area (Å²) in [7, 11) is 0. The Morgan fingerprint density at radius 3 is 2.52 bits per heavy atom. The van der Waals surface area contributed by atoms with Gasteiger partial charge in [-0.3, -0.25) is 9.59 Å². The van der Waals surface area contributed by atoms with Gasteiger partial charge in [0, 0.05) is 50.4 Å². The molecule has 3 heterocycles.